The molecule has 0 aromatic heterocycles. The molecule has 0 saturated carbocycles. The lowest BCUT2D eigenvalue weighted by Crippen LogP contribution is -2.17. The lowest BCUT2D eigenvalue weighted by molar-refractivity contribution is 0.0952. The van der Waals surface area contributed by atoms with Crippen LogP contribution >= 0.6 is 0 Å². The second-order valence-electron chi connectivity index (χ2n) is 7.27. The van der Waals surface area contributed by atoms with Gasteiger partial charge in [-0.2, -0.15) is 5.10 Å². The van der Waals surface area contributed by atoms with Crippen molar-refractivity contribution in [1.82, 2.24) is 5.43 Å². The van der Waals surface area contributed by atoms with Gasteiger partial charge in [0, 0.05) is 11.6 Å². The van der Waals surface area contributed by atoms with Gasteiger partial charge in [0.1, 0.15) is 17.2 Å². The fraction of sp³-hybridized carbons (Fsp3) is 0.250. The van der Waals surface area contributed by atoms with Gasteiger partial charge in [0.15, 0.2) is 0 Å². The van der Waals surface area contributed by atoms with E-state index in [0.717, 1.165) is 42.0 Å². The summed E-state index contributed by atoms with van der Waals surface area (Å²) in [4.78, 5) is 12.4. The van der Waals surface area contributed by atoms with E-state index in [1.165, 1.54) is 18.3 Å². The van der Waals surface area contributed by atoms with Crippen molar-refractivity contribution in [3.05, 3.63) is 65.2 Å². The largest absolute Gasteiger partial charge is 0.508 e. The van der Waals surface area contributed by atoms with Gasteiger partial charge in [0.25, 0.3) is 5.91 Å². The summed E-state index contributed by atoms with van der Waals surface area (Å²) >= 11 is 0. The van der Waals surface area contributed by atoms with Gasteiger partial charge in [-0.15, -0.1) is 0 Å². The van der Waals surface area contributed by atoms with Crippen molar-refractivity contribution in [3.63, 3.8) is 0 Å². The standard InChI is InChI=1S/C24H26N2O4/c1-2-3-4-5-10-18-11-19(22(28)14-21(18)27)15-25-26-24(30)20-12-16-8-6-7-9-17(16)13-23(20)29/h6-9,11-15,27-29H,2-5,10H2,1H3,(H,26,30). The van der Waals surface area contributed by atoms with Crippen molar-refractivity contribution in [2.75, 3.05) is 0 Å². The fourth-order valence-electron chi connectivity index (χ4n) is 3.32. The molecule has 0 aliphatic heterocycles. The Bertz CT molecular complexity index is 1080. The molecule has 3 rings (SSSR count). The van der Waals surface area contributed by atoms with Crippen LogP contribution in [0.15, 0.2) is 53.6 Å². The molecule has 0 spiro atoms. The molecule has 6 nitrogen and oxygen atoms in total. The first-order valence-electron chi connectivity index (χ1n) is 10.1. The van der Waals surface area contributed by atoms with Crippen molar-refractivity contribution < 1.29 is 20.1 Å². The molecule has 1 amide bonds. The summed E-state index contributed by atoms with van der Waals surface area (Å²) in [5.41, 5.74) is 3.60. The van der Waals surface area contributed by atoms with Crippen molar-refractivity contribution in [2.45, 2.75) is 39.0 Å². The number of nitrogens with zero attached hydrogens (tertiary/aromatic N) is 1. The molecule has 30 heavy (non-hydrogen) atoms. The van der Waals surface area contributed by atoms with Crippen LogP contribution in [-0.4, -0.2) is 27.4 Å². The number of amides is 1. The average Bonchev–Trinajstić information content (AvgIpc) is 2.73. The number of carbonyl (C=O) groups excluding carboxylic acids is 1. The molecule has 156 valence electrons. The molecule has 0 bridgehead atoms. The van der Waals surface area contributed by atoms with E-state index in [2.05, 4.69) is 17.5 Å². The fourth-order valence-corrected chi connectivity index (χ4v) is 3.32. The van der Waals surface area contributed by atoms with Crippen LogP contribution in [0.2, 0.25) is 0 Å². The van der Waals surface area contributed by atoms with E-state index >= 15 is 0 Å². The predicted molar refractivity (Wildman–Crippen MR) is 118 cm³/mol. The zero-order chi connectivity index (χ0) is 21.5. The van der Waals surface area contributed by atoms with Crippen LogP contribution in [0.4, 0.5) is 0 Å². The van der Waals surface area contributed by atoms with Gasteiger partial charge in [-0.1, -0.05) is 50.5 Å². The average molecular weight is 406 g/mol. The number of hydrogen-bond acceptors (Lipinski definition) is 5. The molecule has 0 heterocycles. The summed E-state index contributed by atoms with van der Waals surface area (Å²) in [5, 5.41) is 35.8. The van der Waals surface area contributed by atoms with E-state index in [1.54, 1.807) is 12.1 Å². The number of benzene rings is 3. The van der Waals surface area contributed by atoms with E-state index in [4.69, 9.17) is 0 Å². The second kappa shape index (κ2) is 9.78. The van der Waals surface area contributed by atoms with Gasteiger partial charge in [-0.25, -0.2) is 5.43 Å². The maximum atomic E-state index is 12.4. The molecule has 0 aliphatic carbocycles. The number of aromatic hydroxyl groups is 3. The summed E-state index contributed by atoms with van der Waals surface area (Å²) in [5.74, 6) is -0.779. The highest BCUT2D eigenvalue weighted by molar-refractivity contribution is 6.01. The molecular formula is C24H26N2O4. The normalized spacial score (nSPS) is 11.2. The number of fused-ring (bicyclic) bond motifs is 1. The molecule has 4 N–H and O–H groups in total. The summed E-state index contributed by atoms with van der Waals surface area (Å²) in [7, 11) is 0. The highest BCUT2D eigenvalue weighted by atomic mass is 16.3. The van der Waals surface area contributed by atoms with Gasteiger partial charge >= 0.3 is 0 Å². The molecule has 0 fully saturated rings. The van der Waals surface area contributed by atoms with Crippen molar-refractivity contribution in [2.24, 2.45) is 5.10 Å². The van der Waals surface area contributed by atoms with Crippen LogP contribution in [0, 0.1) is 0 Å². The smallest absolute Gasteiger partial charge is 0.275 e. The molecule has 3 aromatic rings. The van der Waals surface area contributed by atoms with E-state index in [0.29, 0.717) is 12.0 Å². The Balaban J connectivity index is 1.71. The Hall–Kier alpha value is -3.54. The van der Waals surface area contributed by atoms with Crippen LogP contribution < -0.4 is 5.43 Å². The first-order valence-corrected chi connectivity index (χ1v) is 10.1. The summed E-state index contributed by atoms with van der Waals surface area (Å²) in [6.45, 7) is 2.14. The van der Waals surface area contributed by atoms with Gasteiger partial charge in [0.2, 0.25) is 0 Å². The number of rotatable bonds is 8. The first-order chi connectivity index (χ1) is 14.5. The number of carbonyl (C=O) groups is 1. The highest BCUT2D eigenvalue weighted by Crippen LogP contribution is 2.28. The maximum absolute atomic E-state index is 12.4. The third-order valence-electron chi connectivity index (χ3n) is 5.01. The van der Waals surface area contributed by atoms with Crippen molar-refractivity contribution >= 4 is 22.9 Å². The quantitative estimate of drug-likeness (QED) is 0.244. The molecule has 0 atom stereocenters. The molecule has 3 aromatic carbocycles. The molecule has 0 unspecified atom stereocenters. The van der Waals surface area contributed by atoms with Crippen LogP contribution in [0.5, 0.6) is 17.2 Å². The van der Waals surface area contributed by atoms with Gasteiger partial charge in [-0.05, 0) is 47.4 Å². The zero-order valence-electron chi connectivity index (χ0n) is 16.9. The van der Waals surface area contributed by atoms with Crippen LogP contribution in [0.1, 0.15) is 54.1 Å². The first kappa shape index (κ1) is 21.2. The van der Waals surface area contributed by atoms with Gasteiger partial charge in [0.05, 0.1) is 11.8 Å². The van der Waals surface area contributed by atoms with E-state index in [9.17, 15) is 20.1 Å². The van der Waals surface area contributed by atoms with E-state index in [-0.39, 0.29) is 22.8 Å². The van der Waals surface area contributed by atoms with Crippen LogP contribution in [0.3, 0.4) is 0 Å². The Labute approximate surface area is 175 Å². The minimum absolute atomic E-state index is 0.0475. The SMILES string of the molecule is CCCCCCc1cc(C=NNC(=O)c2cc3ccccc3cc2O)c(O)cc1O. The number of aryl methyl sites for hydroxylation is 1. The zero-order valence-corrected chi connectivity index (χ0v) is 16.9. The van der Waals surface area contributed by atoms with Crippen LogP contribution in [-0.2, 0) is 6.42 Å². The summed E-state index contributed by atoms with van der Waals surface area (Å²) < 4.78 is 0. The van der Waals surface area contributed by atoms with E-state index < -0.39 is 5.91 Å². The Morgan fingerprint density at radius 3 is 2.40 bits per heavy atom. The lowest BCUT2D eigenvalue weighted by atomic mass is 10.0. The molecular weight excluding hydrogens is 380 g/mol. The second-order valence-corrected chi connectivity index (χ2v) is 7.27. The summed E-state index contributed by atoms with van der Waals surface area (Å²) in [6, 6.07) is 13.5. The topological polar surface area (TPSA) is 102 Å². The Morgan fingerprint density at radius 1 is 0.933 bits per heavy atom. The number of nitrogens with one attached hydrogen (secondary N) is 1. The number of phenols is 3. The highest BCUT2D eigenvalue weighted by Gasteiger charge is 2.12. The molecule has 0 radical (unpaired) electrons. The van der Waals surface area contributed by atoms with Crippen LogP contribution in [0.25, 0.3) is 10.8 Å². The third kappa shape index (κ3) is 5.08. The number of phenolic OH excluding ortho intramolecular Hbond substituents is 3. The molecule has 0 saturated heterocycles. The molecule has 6 heteroatoms. The van der Waals surface area contributed by atoms with E-state index in [1.807, 2.05) is 24.3 Å². The Kier molecular flexibility index (Phi) is 6.91. The lowest BCUT2D eigenvalue weighted by Gasteiger charge is -2.08. The van der Waals surface area contributed by atoms with Gasteiger partial charge < -0.3 is 15.3 Å². The monoisotopic (exact) mass is 406 g/mol. The number of unbranched alkanes of at least 4 members (excludes halogenated alkanes) is 3. The minimum Gasteiger partial charge on any atom is -0.508 e. The maximum Gasteiger partial charge on any atom is 0.275 e. The van der Waals surface area contributed by atoms with Crippen molar-refractivity contribution in [3.8, 4) is 17.2 Å². The summed E-state index contributed by atoms with van der Waals surface area (Å²) in [6.07, 6.45) is 6.31. The van der Waals surface area contributed by atoms with Gasteiger partial charge in [-0.3, -0.25) is 4.79 Å². The predicted octanol–water partition coefficient (Wildman–Crippen LogP) is 4.84. The van der Waals surface area contributed by atoms with Crippen molar-refractivity contribution in [1.29, 1.82) is 0 Å². The Morgan fingerprint density at radius 2 is 1.67 bits per heavy atom. The number of hydrazone groups is 1. The molecule has 0 aliphatic rings. The number of hydrogen-bond donors (Lipinski definition) is 4. The third-order valence-corrected chi connectivity index (χ3v) is 5.01. The minimum atomic E-state index is -0.562.